The predicted molar refractivity (Wildman–Crippen MR) is 120 cm³/mol. The van der Waals surface area contributed by atoms with Crippen molar-refractivity contribution in [2.75, 3.05) is 13.7 Å². The number of carbonyl (C=O) groups is 1. The van der Waals surface area contributed by atoms with Crippen LogP contribution in [0.5, 0.6) is 0 Å². The summed E-state index contributed by atoms with van der Waals surface area (Å²) in [4.78, 5) is 12.7. The van der Waals surface area contributed by atoms with E-state index in [0.29, 0.717) is 6.61 Å². The molecule has 2 aromatic rings. The first-order chi connectivity index (χ1) is 13.4. The topological polar surface area (TPSA) is 38.3 Å². The Morgan fingerprint density at radius 1 is 1.07 bits per heavy atom. The van der Waals surface area contributed by atoms with E-state index in [9.17, 15) is 4.79 Å². The van der Waals surface area contributed by atoms with Gasteiger partial charge < -0.3 is 10.1 Å². The van der Waals surface area contributed by atoms with Gasteiger partial charge in [0.2, 0.25) is 0 Å². The molecular formula is C24H32BrNO2. The van der Waals surface area contributed by atoms with E-state index in [4.69, 9.17) is 4.74 Å². The van der Waals surface area contributed by atoms with Crippen LogP contribution in [0.25, 0.3) is 0 Å². The maximum atomic E-state index is 12.4. The van der Waals surface area contributed by atoms with Crippen molar-refractivity contribution in [3.63, 3.8) is 0 Å². The molecule has 0 saturated heterocycles. The van der Waals surface area contributed by atoms with E-state index in [1.54, 1.807) is 0 Å². The predicted octanol–water partition coefficient (Wildman–Crippen LogP) is 6.00. The lowest BCUT2D eigenvalue weighted by Gasteiger charge is -2.29. The Kier molecular flexibility index (Phi) is 8.71. The molecule has 0 aliphatic heterocycles. The average molecular weight is 446 g/mol. The Bertz CT molecular complexity index is 728. The van der Waals surface area contributed by atoms with Gasteiger partial charge in [-0.2, -0.15) is 0 Å². The molecule has 0 saturated carbocycles. The Morgan fingerprint density at radius 3 is 2.29 bits per heavy atom. The van der Waals surface area contributed by atoms with Crippen LogP contribution in [0.4, 0.5) is 0 Å². The number of carbonyl (C=O) groups excluding carboxylic acids is 1. The number of nitrogens with one attached hydrogen (secondary N) is 1. The number of ether oxygens (including phenoxy) is 1. The van der Waals surface area contributed by atoms with Crippen molar-refractivity contribution in [1.29, 1.82) is 0 Å². The molecule has 2 rings (SSSR count). The Morgan fingerprint density at radius 2 is 1.71 bits per heavy atom. The summed E-state index contributed by atoms with van der Waals surface area (Å²) in [5.41, 5.74) is 3.26. The van der Waals surface area contributed by atoms with E-state index in [1.165, 1.54) is 16.7 Å². The Labute approximate surface area is 178 Å². The van der Waals surface area contributed by atoms with Gasteiger partial charge in [-0.1, -0.05) is 70.5 Å². The minimum Gasteiger partial charge on any atom is -0.466 e. The zero-order chi connectivity index (χ0) is 20.6. The molecule has 0 fully saturated rings. The standard InChI is InChI=1S/C24H32BrNO2/c1-5-28-23(27)24(2,3)16-21(19-9-7-6-8-10-19)15-22(25)20-13-11-18(12-14-20)17-26-4/h6-14,21-22,26H,5,15-17H2,1-4H3. The number of alkyl halides is 1. The second-order valence-electron chi connectivity index (χ2n) is 7.89. The molecular weight excluding hydrogens is 414 g/mol. The van der Waals surface area contributed by atoms with Crippen molar-refractivity contribution < 1.29 is 9.53 Å². The summed E-state index contributed by atoms with van der Waals surface area (Å²) in [5, 5.41) is 3.18. The zero-order valence-corrected chi connectivity index (χ0v) is 19.0. The minimum atomic E-state index is -0.528. The van der Waals surface area contributed by atoms with Gasteiger partial charge in [0.15, 0.2) is 0 Å². The summed E-state index contributed by atoms with van der Waals surface area (Å²) in [6.07, 6.45) is 1.66. The van der Waals surface area contributed by atoms with Gasteiger partial charge in [0, 0.05) is 11.4 Å². The van der Waals surface area contributed by atoms with E-state index in [0.717, 1.165) is 19.4 Å². The van der Waals surface area contributed by atoms with Gasteiger partial charge in [0.05, 0.1) is 12.0 Å². The van der Waals surface area contributed by atoms with Crippen LogP contribution in [0.3, 0.4) is 0 Å². The van der Waals surface area contributed by atoms with Crippen LogP contribution in [-0.2, 0) is 16.1 Å². The normalized spacial score (nSPS) is 13.8. The van der Waals surface area contributed by atoms with E-state index >= 15 is 0 Å². The molecule has 2 unspecified atom stereocenters. The van der Waals surface area contributed by atoms with Crippen LogP contribution in [0, 0.1) is 5.41 Å². The molecule has 2 atom stereocenters. The van der Waals surface area contributed by atoms with Gasteiger partial charge in [-0.25, -0.2) is 0 Å². The molecule has 28 heavy (non-hydrogen) atoms. The molecule has 0 spiro atoms. The lowest BCUT2D eigenvalue weighted by atomic mass is 9.77. The average Bonchev–Trinajstić information content (AvgIpc) is 2.69. The number of hydrogen-bond donors (Lipinski definition) is 1. The highest BCUT2D eigenvalue weighted by Gasteiger charge is 2.33. The van der Waals surface area contributed by atoms with Crippen molar-refractivity contribution in [3.8, 4) is 0 Å². The third kappa shape index (κ3) is 6.46. The fourth-order valence-corrected chi connectivity index (χ4v) is 4.28. The lowest BCUT2D eigenvalue weighted by molar-refractivity contribution is -0.154. The molecule has 1 N–H and O–H groups in total. The molecule has 4 heteroatoms. The molecule has 0 aromatic heterocycles. The minimum absolute atomic E-state index is 0.126. The summed E-state index contributed by atoms with van der Waals surface area (Å²) >= 11 is 3.89. The SMILES string of the molecule is CCOC(=O)C(C)(C)CC(CC(Br)c1ccc(CNC)cc1)c1ccccc1. The molecule has 0 heterocycles. The van der Waals surface area contributed by atoms with Crippen molar-refractivity contribution >= 4 is 21.9 Å². The van der Waals surface area contributed by atoms with Crippen molar-refractivity contribution in [2.45, 2.75) is 50.9 Å². The molecule has 152 valence electrons. The van der Waals surface area contributed by atoms with Gasteiger partial charge in [-0.15, -0.1) is 0 Å². The fraction of sp³-hybridized carbons (Fsp3) is 0.458. The first-order valence-electron chi connectivity index (χ1n) is 9.97. The van der Waals surface area contributed by atoms with Crippen molar-refractivity contribution in [2.24, 2.45) is 5.41 Å². The van der Waals surface area contributed by atoms with Crippen molar-refractivity contribution in [3.05, 3.63) is 71.3 Å². The number of halogens is 1. The van der Waals surface area contributed by atoms with Gasteiger partial charge >= 0.3 is 5.97 Å². The zero-order valence-electron chi connectivity index (χ0n) is 17.4. The molecule has 3 nitrogen and oxygen atoms in total. The fourth-order valence-electron chi connectivity index (χ4n) is 3.52. The first kappa shape index (κ1) is 22.6. The highest BCUT2D eigenvalue weighted by Crippen LogP contribution is 2.41. The molecule has 0 radical (unpaired) electrons. The largest absolute Gasteiger partial charge is 0.466 e. The van der Waals surface area contributed by atoms with Crippen LogP contribution in [-0.4, -0.2) is 19.6 Å². The monoisotopic (exact) mass is 445 g/mol. The third-order valence-corrected chi connectivity index (χ3v) is 5.97. The summed E-state index contributed by atoms with van der Waals surface area (Å²) in [5.74, 6) is 0.125. The molecule has 2 aromatic carbocycles. The van der Waals surface area contributed by atoms with Gasteiger partial charge in [0.25, 0.3) is 0 Å². The third-order valence-electron chi connectivity index (χ3n) is 5.07. The van der Waals surface area contributed by atoms with Crippen LogP contribution < -0.4 is 5.32 Å². The first-order valence-corrected chi connectivity index (χ1v) is 10.9. The number of rotatable bonds is 10. The summed E-state index contributed by atoms with van der Waals surface area (Å²) in [7, 11) is 1.96. The second-order valence-corrected chi connectivity index (χ2v) is 9.00. The molecule has 0 aliphatic carbocycles. The van der Waals surface area contributed by atoms with Gasteiger partial charge in [-0.05, 0) is 63.3 Å². The summed E-state index contributed by atoms with van der Waals surface area (Å²) in [6, 6.07) is 19.2. The maximum Gasteiger partial charge on any atom is 0.311 e. The summed E-state index contributed by atoms with van der Waals surface area (Å²) in [6.45, 7) is 7.11. The molecule has 0 aliphatic rings. The van der Waals surface area contributed by atoms with Crippen molar-refractivity contribution in [1.82, 2.24) is 5.32 Å². The number of hydrogen-bond acceptors (Lipinski definition) is 3. The second kappa shape index (κ2) is 10.8. The van der Waals surface area contributed by atoms with Crippen LogP contribution in [0.1, 0.15) is 61.0 Å². The number of esters is 1. The maximum absolute atomic E-state index is 12.4. The van der Waals surface area contributed by atoms with Gasteiger partial charge in [-0.3, -0.25) is 4.79 Å². The Hall–Kier alpha value is -1.65. The lowest BCUT2D eigenvalue weighted by Crippen LogP contribution is -2.29. The van der Waals surface area contributed by atoms with E-state index in [-0.39, 0.29) is 16.7 Å². The van der Waals surface area contributed by atoms with Crippen LogP contribution in [0.15, 0.2) is 54.6 Å². The summed E-state index contributed by atoms with van der Waals surface area (Å²) < 4.78 is 5.31. The van der Waals surface area contributed by atoms with Crippen LogP contribution in [0.2, 0.25) is 0 Å². The van der Waals surface area contributed by atoms with E-state index < -0.39 is 5.41 Å². The highest BCUT2D eigenvalue weighted by atomic mass is 79.9. The molecule has 0 amide bonds. The number of benzene rings is 2. The Balaban J connectivity index is 2.18. The van der Waals surface area contributed by atoms with E-state index in [2.05, 4.69) is 69.8 Å². The molecule has 0 bridgehead atoms. The van der Waals surface area contributed by atoms with E-state index in [1.807, 2.05) is 33.9 Å². The highest BCUT2D eigenvalue weighted by molar-refractivity contribution is 9.09. The van der Waals surface area contributed by atoms with Crippen LogP contribution >= 0.6 is 15.9 Å². The van der Waals surface area contributed by atoms with Gasteiger partial charge in [0.1, 0.15) is 0 Å². The quantitative estimate of drug-likeness (QED) is 0.360. The smallest absolute Gasteiger partial charge is 0.311 e.